The maximum Gasteiger partial charge on any atom is 0.453 e. The lowest BCUT2D eigenvalue weighted by Crippen LogP contribution is -2.57. The van der Waals surface area contributed by atoms with Crippen LogP contribution < -0.4 is 9.47 Å². The number of esters is 2. The van der Waals surface area contributed by atoms with Crippen LogP contribution in [0.25, 0.3) is 0 Å². The molecule has 154 valence electrons. The molecule has 7 heteroatoms. The van der Waals surface area contributed by atoms with E-state index in [1.807, 2.05) is 0 Å². The molecule has 2 aliphatic carbocycles. The minimum Gasteiger partial charge on any atom is -0.456 e. The summed E-state index contributed by atoms with van der Waals surface area (Å²) in [4.78, 5) is 26.0. The number of rotatable bonds is 4. The highest BCUT2D eigenvalue weighted by molar-refractivity contribution is 6.03. The van der Waals surface area contributed by atoms with Gasteiger partial charge in [-0.3, -0.25) is 0 Å². The van der Waals surface area contributed by atoms with E-state index in [1.165, 1.54) is 0 Å². The van der Waals surface area contributed by atoms with Gasteiger partial charge in [0.1, 0.15) is 12.2 Å². The lowest BCUT2D eigenvalue weighted by molar-refractivity contribution is -0.210. The van der Waals surface area contributed by atoms with Gasteiger partial charge < -0.3 is 18.9 Å². The fourth-order valence-corrected chi connectivity index (χ4v) is 4.02. The number of para-hydroxylation sites is 2. The highest BCUT2D eigenvalue weighted by Gasteiger charge is 2.60. The molecule has 0 radical (unpaired) electrons. The zero-order valence-electron chi connectivity index (χ0n) is 15.9. The summed E-state index contributed by atoms with van der Waals surface area (Å²) in [6.45, 7) is 0. The van der Waals surface area contributed by atoms with E-state index in [2.05, 4.69) is 0 Å². The van der Waals surface area contributed by atoms with E-state index in [0.29, 0.717) is 11.5 Å². The molecule has 4 rings (SSSR count). The summed E-state index contributed by atoms with van der Waals surface area (Å²) in [5.74, 6) is -3.13. The Kier molecular flexibility index (Phi) is 6.70. The van der Waals surface area contributed by atoms with Crippen molar-refractivity contribution < 1.29 is 28.5 Å². The Labute approximate surface area is 171 Å². The molecule has 1 aromatic rings. The van der Waals surface area contributed by atoms with E-state index in [0.717, 1.165) is 64.2 Å². The van der Waals surface area contributed by atoms with Crippen LogP contribution in [0, 0.1) is 0 Å². The second-order valence-electron chi connectivity index (χ2n) is 7.60. The molecule has 1 aromatic carbocycles. The Morgan fingerprint density at radius 2 is 1.14 bits per heavy atom. The summed E-state index contributed by atoms with van der Waals surface area (Å²) < 4.78 is 22.7. The first-order valence-electron chi connectivity index (χ1n) is 10.1. The van der Waals surface area contributed by atoms with E-state index in [-0.39, 0.29) is 24.6 Å². The molecule has 3 aliphatic rings. The molecule has 0 unspecified atom stereocenters. The van der Waals surface area contributed by atoms with Crippen molar-refractivity contribution in [1.82, 2.24) is 0 Å². The number of ether oxygens (including phenoxy) is 4. The monoisotopic (exact) mass is 410 g/mol. The molecule has 0 amide bonds. The van der Waals surface area contributed by atoms with Crippen molar-refractivity contribution >= 4 is 24.3 Å². The first-order valence-corrected chi connectivity index (χ1v) is 10.1. The molecule has 0 N–H and O–H groups in total. The minimum atomic E-state index is -2.20. The van der Waals surface area contributed by atoms with Crippen molar-refractivity contribution in [3.63, 3.8) is 0 Å². The minimum absolute atomic E-state index is 0. The first kappa shape index (κ1) is 20.8. The van der Waals surface area contributed by atoms with E-state index in [4.69, 9.17) is 18.9 Å². The van der Waals surface area contributed by atoms with Crippen LogP contribution in [-0.2, 0) is 19.1 Å². The number of carbonyl (C=O) groups is 2. The Bertz CT molecular complexity index is 635. The molecule has 1 heterocycles. The molecule has 0 bridgehead atoms. The van der Waals surface area contributed by atoms with Crippen LogP contribution in [0.15, 0.2) is 24.3 Å². The van der Waals surface area contributed by atoms with Gasteiger partial charge in [-0.25, -0.2) is 9.59 Å². The maximum absolute atomic E-state index is 13.0. The number of hydrogen-bond donors (Lipinski definition) is 0. The van der Waals surface area contributed by atoms with Gasteiger partial charge >= 0.3 is 17.7 Å². The summed E-state index contributed by atoms with van der Waals surface area (Å²) >= 11 is 0. The van der Waals surface area contributed by atoms with Gasteiger partial charge in [-0.2, -0.15) is 0 Å². The molecular weight excluding hydrogens is 384 g/mol. The van der Waals surface area contributed by atoms with Gasteiger partial charge in [-0.05, 0) is 63.5 Å². The van der Waals surface area contributed by atoms with Crippen molar-refractivity contribution in [3.8, 4) is 11.5 Å². The van der Waals surface area contributed by atoms with Crippen LogP contribution in [0.4, 0.5) is 0 Å². The fraction of sp³-hybridized carbons (Fsp3) is 0.619. The normalized spacial score (nSPS) is 21.4. The summed E-state index contributed by atoms with van der Waals surface area (Å²) in [7, 11) is 0. The lowest BCUT2D eigenvalue weighted by Gasteiger charge is -2.30. The van der Waals surface area contributed by atoms with Gasteiger partial charge in [-0.1, -0.05) is 25.0 Å². The molecule has 2 saturated carbocycles. The van der Waals surface area contributed by atoms with Crippen molar-refractivity contribution in [2.24, 2.45) is 0 Å². The number of halogens is 1. The molecule has 0 saturated heterocycles. The smallest absolute Gasteiger partial charge is 0.453 e. The van der Waals surface area contributed by atoms with Gasteiger partial charge in [0.05, 0.1) is 0 Å². The van der Waals surface area contributed by atoms with E-state index >= 15 is 0 Å². The quantitative estimate of drug-likeness (QED) is 0.543. The van der Waals surface area contributed by atoms with Gasteiger partial charge in [-0.15, -0.1) is 12.4 Å². The van der Waals surface area contributed by atoms with Crippen LogP contribution in [0.2, 0.25) is 0 Å². The molecule has 1 aliphatic heterocycles. The third-order valence-electron chi connectivity index (χ3n) is 5.55. The Balaban J connectivity index is 0.00000225. The Morgan fingerprint density at radius 3 is 1.54 bits per heavy atom. The highest BCUT2D eigenvalue weighted by Crippen LogP contribution is 2.41. The Hall–Kier alpha value is -1.95. The average Bonchev–Trinajstić information content (AvgIpc) is 3.11. The zero-order valence-corrected chi connectivity index (χ0v) is 16.7. The Morgan fingerprint density at radius 1 is 0.750 bits per heavy atom. The molecule has 0 atom stereocenters. The van der Waals surface area contributed by atoms with Crippen molar-refractivity contribution in [2.75, 3.05) is 0 Å². The summed E-state index contributed by atoms with van der Waals surface area (Å²) in [5, 5.41) is 0. The first-order chi connectivity index (χ1) is 13.2. The number of carbonyl (C=O) groups excluding carboxylic acids is 2. The van der Waals surface area contributed by atoms with Gasteiger partial charge in [0.2, 0.25) is 0 Å². The third kappa shape index (κ3) is 4.22. The van der Waals surface area contributed by atoms with Gasteiger partial charge in [0.15, 0.2) is 11.5 Å². The van der Waals surface area contributed by atoms with Crippen LogP contribution >= 0.6 is 12.4 Å². The SMILES string of the molecule is Cl.O=C(OC1CCCCC1)C1(C(=O)OC2CCCCC2)Oc2ccccc2O1. The lowest BCUT2D eigenvalue weighted by atomic mass is 9.97. The second-order valence-corrected chi connectivity index (χ2v) is 7.60. The molecule has 28 heavy (non-hydrogen) atoms. The topological polar surface area (TPSA) is 71.1 Å². The molecule has 2 fully saturated rings. The second kappa shape index (κ2) is 9.03. The van der Waals surface area contributed by atoms with Crippen LogP contribution in [0.1, 0.15) is 64.2 Å². The average molecular weight is 411 g/mol. The largest absolute Gasteiger partial charge is 0.456 e. The number of benzene rings is 1. The molecular formula is C21H27ClO6. The maximum atomic E-state index is 13.0. The molecule has 6 nitrogen and oxygen atoms in total. The number of hydrogen-bond acceptors (Lipinski definition) is 6. The van der Waals surface area contributed by atoms with E-state index in [9.17, 15) is 9.59 Å². The fourth-order valence-electron chi connectivity index (χ4n) is 4.02. The highest BCUT2D eigenvalue weighted by atomic mass is 35.5. The molecule has 0 spiro atoms. The van der Waals surface area contributed by atoms with Crippen molar-refractivity contribution in [2.45, 2.75) is 82.2 Å². The summed E-state index contributed by atoms with van der Waals surface area (Å²) in [5.41, 5.74) is 0. The standard InChI is InChI=1S/C21H26O6.ClH/c22-19(24-15-9-3-1-4-10-15)21(20(23)25-16-11-5-2-6-12-16)26-17-13-7-8-14-18(17)27-21;/h7-8,13-16H,1-6,9-12H2;1H. The summed E-state index contributed by atoms with van der Waals surface area (Å²) in [6.07, 6.45) is 9.11. The van der Waals surface area contributed by atoms with Crippen LogP contribution in [-0.4, -0.2) is 29.9 Å². The van der Waals surface area contributed by atoms with Crippen molar-refractivity contribution in [1.29, 1.82) is 0 Å². The van der Waals surface area contributed by atoms with Crippen LogP contribution in [0.3, 0.4) is 0 Å². The number of fused-ring (bicyclic) bond motifs is 1. The molecule has 0 aromatic heterocycles. The predicted octanol–water partition coefficient (Wildman–Crippen LogP) is 4.33. The van der Waals surface area contributed by atoms with Crippen molar-refractivity contribution in [3.05, 3.63) is 24.3 Å². The third-order valence-corrected chi connectivity index (χ3v) is 5.55. The van der Waals surface area contributed by atoms with Crippen LogP contribution in [0.5, 0.6) is 11.5 Å². The van der Waals surface area contributed by atoms with E-state index < -0.39 is 17.7 Å². The van der Waals surface area contributed by atoms with Gasteiger partial charge in [0, 0.05) is 0 Å². The summed E-state index contributed by atoms with van der Waals surface area (Å²) in [6, 6.07) is 6.85. The van der Waals surface area contributed by atoms with Gasteiger partial charge in [0.25, 0.3) is 0 Å². The predicted molar refractivity (Wildman–Crippen MR) is 104 cm³/mol. The van der Waals surface area contributed by atoms with E-state index in [1.54, 1.807) is 24.3 Å². The zero-order chi connectivity index (χ0) is 18.7.